The molecule has 0 aliphatic rings. The van der Waals surface area contributed by atoms with Crippen LogP contribution < -0.4 is 11.5 Å². The number of thiophene rings is 2. The highest BCUT2D eigenvalue weighted by molar-refractivity contribution is 7.29. The molecule has 0 spiro atoms. The van der Waals surface area contributed by atoms with Crippen LogP contribution in [0.15, 0.2) is 39.5 Å². The maximum atomic E-state index is 12.4. The maximum Gasteiger partial charge on any atom is 0.419 e. The van der Waals surface area contributed by atoms with E-state index in [-0.39, 0.29) is 5.76 Å². The van der Waals surface area contributed by atoms with Crippen molar-refractivity contribution < 1.29 is 9.15 Å². The van der Waals surface area contributed by atoms with Crippen LogP contribution in [0, 0.1) is 11.3 Å². The number of nitriles is 1. The minimum absolute atomic E-state index is 0.335. The number of aromatic nitrogens is 1. The van der Waals surface area contributed by atoms with Gasteiger partial charge < -0.3 is 19.8 Å². The zero-order chi connectivity index (χ0) is 22.0. The maximum absolute atomic E-state index is 12.4. The van der Waals surface area contributed by atoms with Gasteiger partial charge in [-0.1, -0.05) is 0 Å². The van der Waals surface area contributed by atoms with Crippen LogP contribution in [0.2, 0.25) is 0 Å². The number of hydrogen-bond donors (Lipinski definition) is 1. The van der Waals surface area contributed by atoms with Gasteiger partial charge in [-0.05, 0) is 42.9 Å². The minimum atomic E-state index is -0.471. The van der Waals surface area contributed by atoms with Gasteiger partial charge in [0.25, 0.3) is 0 Å². The van der Waals surface area contributed by atoms with E-state index >= 15 is 0 Å². The quantitative estimate of drug-likeness (QED) is 0.414. The first kappa shape index (κ1) is 21.7. The molecular formula is C22H24N4O3S2. The van der Waals surface area contributed by atoms with Crippen LogP contribution >= 0.6 is 22.7 Å². The van der Waals surface area contributed by atoms with Crippen molar-refractivity contribution in [3.8, 4) is 16.5 Å². The number of nitrogens with two attached hydrogens (primary N) is 1. The summed E-state index contributed by atoms with van der Waals surface area (Å²) in [7, 11) is 3.69. The average Bonchev–Trinajstić information content (AvgIpc) is 3.40. The second-order valence-corrected chi connectivity index (χ2v) is 9.74. The topological polar surface area (TPSA) is 97.4 Å². The highest BCUT2D eigenvalue weighted by atomic mass is 32.1. The summed E-state index contributed by atoms with van der Waals surface area (Å²) >= 11 is 3.38. The summed E-state index contributed by atoms with van der Waals surface area (Å²) in [6, 6.07) is 11.8. The molecule has 0 amide bonds. The number of rotatable bonds is 9. The first-order valence-corrected chi connectivity index (χ1v) is 11.6. The largest absolute Gasteiger partial charge is 0.419 e. The van der Waals surface area contributed by atoms with Crippen LogP contribution in [-0.2, 0) is 17.7 Å². The smallest absolute Gasteiger partial charge is 0.408 e. The second kappa shape index (κ2) is 9.34. The monoisotopic (exact) mass is 456 g/mol. The molecule has 0 radical (unpaired) electrons. The molecule has 1 unspecified atom stereocenters. The zero-order valence-electron chi connectivity index (χ0n) is 17.5. The number of fused-ring (bicyclic) bond motifs is 2. The van der Waals surface area contributed by atoms with Gasteiger partial charge in [-0.3, -0.25) is 4.57 Å². The van der Waals surface area contributed by atoms with E-state index in [1.54, 1.807) is 34.4 Å². The third-order valence-electron chi connectivity index (χ3n) is 5.18. The Morgan fingerprint density at radius 3 is 2.81 bits per heavy atom. The van der Waals surface area contributed by atoms with Gasteiger partial charge in [-0.2, -0.15) is 5.26 Å². The fourth-order valence-electron chi connectivity index (χ4n) is 3.45. The summed E-state index contributed by atoms with van der Waals surface area (Å²) in [4.78, 5) is 16.8. The van der Waals surface area contributed by atoms with Crippen LogP contribution in [0.25, 0.3) is 30.9 Å². The van der Waals surface area contributed by atoms with E-state index < -0.39 is 6.04 Å². The van der Waals surface area contributed by atoms with Gasteiger partial charge in [0.15, 0.2) is 5.58 Å². The Morgan fingerprint density at radius 2 is 2.06 bits per heavy atom. The summed E-state index contributed by atoms with van der Waals surface area (Å²) in [6.45, 7) is 2.74. The lowest BCUT2D eigenvalue weighted by molar-refractivity contribution is 0.159. The summed E-state index contributed by atoms with van der Waals surface area (Å²) in [5, 5.41) is 8.92. The van der Waals surface area contributed by atoms with Crippen LogP contribution in [0.5, 0.6) is 0 Å². The normalized spacial score (nSPS) is 12.7. The van der Waals surface area contributed by atoms with Crippen LogP contribution in [0.4, 0.5) is 0 Å². The molecule has 3 heterocycles. The van der Waals surface area contributed by atoms with E-state index in [9.17, 15) is 4.79 Å². The Balaban J connectivity index is 1.59. The van der Waals surface area contributed by atoms with E-state index in [2.05, 4.69) is 23.1 Å². The molecule has 2 N–H and O–H groups in total. The molecule has 1 atom stereocenters. The number of nitrogens with zero attached hydrogens (tertiary/aromatic N) is 3. The van der Waals surface area contributed by atoms with Crippen molar-refractivity contribution in [2.45, 2.75) is 19.0 Å². The first-order valence-electron chi connectivity index (χ1n) is 9.97. The molecule has 0 bridgehead atoms. The predicted molar refractivity (Wildman–Crippen MR) is 126 cm³/mol. The Bertz CT molecular complexity index is 1260. The van der Waals surface area contributed by atoms with Gasteiger partial charge in [0.2, 0.25) is 0 Å². The van der Waals surface area contributed by atoms with Crippen molar-refractivity contribution in [2.24, 2.45) is 5.73 Å². The highest BCUT2D eigenvalue weighted by Gasteiger charge is 2.14. The molecule has 4 rings (SSSR count). The summed E-state index contributed by atoms with van der Waals surface area (Å²) < 4.78 is 14.6. The Kier molecular flexibility index (Phi) is 6.55. The Labute approximate surface area is 187 Å². The number of ether oxygens (including phenoxy) is 1. The van der Waals surface area contributed by atoms with Gasteiger partial charge in [0.1, 0.15) is 0 Å². The molecule has 3 aromatic heterocycles. The molecule has 9 heteroatoms. The molecule has 0 saturated carbocycles. The van der Waals surface area contributed by atoms with Crippen LogP contribution in [0.3, 0.4) is 0 Å². The fraction of sp³-hybridized carbons (Fsp3) is 0.364. The van der Waals surface area contributed by atoms with Crippen molar-refractivity contribution in [3.63, 3.8) is 0 Å². The van der Waals surface area contributed by atoms with Gasteiger partial charge in [-0.25, -0.2) is 4.79 Å². The number of likely N-dealkylation sites (N-methyl/N-ethyl adjacent to an activating group) is 1. The van der Waals surface area contributed by atoms with Crippen molar-refractivity contribution in [1.29, 1.82) is 5.26 Å². The van der Waals surface area contributed by atoms with Crippen LogP contribution in [-0.4, -0.2) is 49.4 Å². The van der Waals surface area contributed by atoms with Gasteiger partial charge in [-0.15, -0.1) is 22.7 Å². The van der Waals surface area contributed by atoms with Crippen LogP contribution in [0.1, 0.15) is 4.88 Å². The molecule has 0 aliphatic carbocycles. The van der Waals surface area contributed by atoms with Crippen molar-refractivity contribution in [3.05, 3.63) is 45.8 Å². The predicted octanol–water partition coefficient (Wildman–Crippen LogP) is 3.51. The Morgan fingerprint density at radius 1 is 1.26 bits per heavy atom. The number of oxazole rings is 1. The molecule has 162 valence electrons. The van der Waals surface area contributed by atoms with Gasteiger partial charge >= 0.3 is 5.76 Å². The minimum Gasteiger partial charge on any atom is -0.408 e. The van der Waals surface area contributed by atoms with E-state index in [0.717, 1.165) is 33.9 Å². The number of benzene rings is 1. The van der Waals surface area contributed by atoms with Gasteiger partial charge in [0, 0.05) is 52.3 Å². The van der Waals surface area contributed by atoms with E-state index in [1.165, 1.54) is 9.40 Å². The van der Waals surface area contributed by atoms with Crippen molar-refractivity contribution in [1.82, 2.24) is 9.47 Å². The zero-order valence-corrected chi connectivity index (χ0v) is 19.1. The number of methoxy groups -OCH3 is 1. The van der Waals surface area contributed by atoms with Crippen molar-refractivity contribution >= 4 is 43.2 Å². The second-order valence-electron chi connectivity index (χ2n) is 7.49. The van der Waals surface area contributed by atoms with E-state index in [4.69, 9.17) is 20.1 Å². The van der Waals surface area contributed by atoms with Gasteiger partial charge in [0.05, 0.1) is 24.2 Å². The third-order valence-corrected chi connectivity index (χ3v) is 7.54. The third kappa shape index (κ3) is 4.74. The molecule has 4 aromatic rings. The first-order chi connectivity index (χ1) is 15.0. The van der Waals surface area contributed by atoms with E-state index in [0.29, 0.717) is 25.2 Å². The van der Waals surface area contributed by atoms with Crippen molar-refractivity contribution in [2.75, 3.05) is 33.9 Å². The SMILES string of the molecule is COCCN(C)CCn1c(=O)oc2ccc(-c3cc4sc(CC(N)C#N)cc4s3)cc21. The summed E-state index contributed by atoms with van der Waals surface area (Å²) in [5.74, 6) is -0.335. The molecule has 7 nitrogen and oxygen atoms in total. The lowest BCUT2D eigenvalue weighted by Gasteiger charge is -2.15. The Hall–Kier alpha value is -2.48. The molecule has 1 aromatic carbocycles. The summed E-state index contributed by atoms with van der Waals surface area (Å²) in [6.07, 6.45) is 0.573. The standard InChI is InChI=1S/C22H24N4O3S2/c1-25(7-8-28-2)5-6-26-17-9-14(3-4-18(17)29-22(26)27)19-12-21-20(31-19)11-16(30-21)10-15(24)13-23/h3-4,9,11-12,15H,5-8,10,24H2,1-2H3. The lowest BCUT2D eigenvalue weighted by atomic mass is 10.1. The molecular weight excluding hydrogens is 432 g/mol. The number of hydrogen-bond acceptors (Lipinski definition) is 8. The highest BCUT2D eigenvalue weighted by Crippen LogP contribution is 2.39. The van der Waals surface area contributed by atoms with E-state index in [1.807, 2.05) is 25.2 Å². The fourth-order valence-corrected chi connectivity index (χ4v) is 5.92. The molecule has 0 fully saturated rings. The summed E-state index contributed by atoms with van der Waals surface area (Å²) in [5.41, 5.74) is 8.21. The molecule has 0 aliphatic heterocycles. The molecule has 31 heavy (non-hydrogen) atoms. The average molecular weight is 457 g/mol. The lowest BCUT2D eigenvalue weighted by Crippen LogP contribution is -2.29. The molecule has 0 saturated heterocycles.